The van der Waals surface area contributed by atoms with E-state index in [-0.39, 0.29) is 4.90 Å². The molecule has 0 amide bonds. The zero-order valence-corrected chi connectivity index (χ0v) is 13.7. The summed E-state index contributed by atoms with van der Waals surface area (Å²) in [4.78, 5) is 11.0. The molecular formula is C14H21NO5S. The largest absolute Gasteiger partial charge is 0.496 e. The van der Waals surface area contributed by atoms with Gasteiger partial charge in [-0.2, -0.15) is 4.31 Å². The van der Waals surface area contributed by atoms with Crippen molar-refractivity contribution in [2.75, 3.05) is 13.7 Å². The first-order valence-electron chi connectivity index (χ1n) is 6.39. The summed E-state index contributed by atoms with van der Waals surface area (Å²) in [6.07, 6.45) is 0. The summed E-state index contributed by atoms with van der Waals surface area (Å²) in [6, 6.07) is 4.46. The number of aliphatic carboxylic acids is 1. The van der Waals surface area contributed by atoms with Crippen LogP contribution in [0.2, 0.25) is 0 Å². The topological polar surface area (TPSA) is 83.9 Å². The van der Waals surface area contributed by atoms with Gasteiger partial charge in [0, 0.05) is 5.54 Å². The van der Waals surface area contributed by atoms with Gasteiger partial charge in [0.25, 0.3) is 0 Å². The number of ether oxygens (including phenoxy) is 1. The summed E-state index contributed by atoms with van der Waals surface area (Å²) in [5, 5.41) is 8.97. The van der Waals surface area contributed by atoms with Gasteiger partial charge in [0.15, 0.2) is 0 Å². The molecular weight excluding hydrogens is 294 g/mol. The monoisotopic (exact) mass is 315 g/mol. The molecule has 21 heavy (non-hydrogen) atoms. The van der Waals surface area contributed by atoms with E-state index >= 15 is 0 Å². The van der Waals surface area contributed by atoms with Crippen LogP contribution in [0.5, 0.6) is 5.75 Å². The first kappa shape index (κ1) is 17.5. The third-order valence-corrected chi connectivity index (χ3v) is 5.09. The van der Waals surface area contributed by atoms with Gasteiger partial charge in [-0.1, -0.05) is 0 Å². The summed E-state index contributed by atoms with van der Waals surface area (Å²) >= 11 is 0. The van der Waals surface area contributed by atoms with Gasteiger partial charge in [0.05, 0.1) is 12.0 Å². The van der Waals surface area contributed by atoms with Gasteiger partial charge in [0.1, 0.15) is 12.3 Å². The van der Waals surface area contributed by atoms with Gasteiger partial charge < -0.3 is 9.84 Å². The van der Waals surface area contributed by atoms with Crippen LogP contribution >= 0.6 is 0 Å². The molecule has 0 atom stereocenters. The minimum atomic E-state index is -3.90. The Morgan fingerprint density at radius 1 is 1.33 bits per heavy atom. The summed E-state index contributed by atoms with van der Waals surface area (Å²) < 4.78 is 31.5. The molecule has 0 fully saturated rings. The molecule has 0 saturated carbocycles. The smallest absolute Gasteiger partial charge is 0.318 e. The van der Waals surface area contributed by atoms with Crippen molar-refractivity contribution in [3.63, 3.8) is 0 Å². The van der Waals surface area contributed by atoms with Crippen LogP contribution in [-0.2, 0) is 14.8 Å². The fraction of sp³-hybridized carbons (Fsp3) is 0.500. The molecule has 0 radical (unpaired) electrons. The zero-order chi connectivity index (χ0) is 16.4. The second-order valence-corrected chi connectivity index (χ2v) is 7.57. The van der Waals surface area contributed by atoms with Gasteiger partial charge in [-0.3, -0.25) is 4.79 Å². The summed E-state index contributed by atoms with van der Waals surface area (Å²) in [5.74, 6) is -0.617. The molecule has 0 aliphatic heterocycles. The Balaban J connectivity index is 3.35. The molecule has 7 heteroatoms. The number of sulfonamides is 1. The SMILES string of the molecule is COc1ccc(S(=O)(=O)N(CC(=O)O)C(C)(C)C)cc1C. The van der Waals surface area contributed by atoms with E-state index in [4.69, 9.17) is 9.84 Å². The fourth-order valence-electron chi connectivity index (χ4n) is 1.94. The Kier molecular flexibility index (Phi) is 5.01. The number of rotatable bonds is 5. The Bertz CT molecular complexity index is 631. The first-order valence-corrected chi connectivity index (χ1v) is 7.83. The minimum absolute atomic E-state index is 0.0528. The third-order valence-electron chi connectivity index (χ3n) is 2.98. The number of benzene rings is 1. The summed E-state index contributed by atoms with van der Waals surface area (Å²) in [5.41, 5.74) is -0.173. The lowest BCUT2D eigenvalue weighted by atomic mass is 10.1. The van der Waals surface area contributed by atoms with E-state index in [0.29, 0.717) is 11.3 Å². The normalized spacial score (nSPS) is 12.5. The van der Waals surface area contributed by atoms with Gasteiger partial charge >= 0.3 is 5.97 Å². The molecule has 6 nitrogen and oxygen atoms in total. The molecule has 1 rings (SSSR count). The van der Waals surface area contributed by atoms with Crippen molar-refractivity contribution in [3.8, 4) is 5.75 Å². The van der Waals surface area contributed by atoms with Crippen molar-refractivity contribution in [2.24, 2.45) is 0 Å². The average Bonchev–Trinajstić information content (AvgIpc) is 2.34. The highest BCUT2D eigenvalue weighted by Gasteiger charge is 2.35. The lowest BCUT2D eigenvalue weighted by Gasteiger charge is -2.33. The van der Waals surface area contributed by atoms with Crippen molar-refractivity contribution in [2.45, 2.75) is 38.1 Å². The molecule has 1 aromatic carbocycles. The van der Waals surface area contributed by atoms with E-state index in [1.54, 1.807) is 33.8 Å². The van der Waals surface area contributed by atoms with Gasteiger partial charge in [-0.05, 0) is 51.5 Å². The van der Waals surface area contributed by atoms with Crippen molar-refractivity contribution >= 4 is 16.0 Å². The van der Waals surface area contributed by atoms with Gasteiger partial charge in [0.2, 0.25) is 10.0 Å². The van der Waals surface area contributed by atoms with Crippen LogP contribution in [0.3, 0.4) is 0 Å². The molecule has 0 aliphatic carbocycles. The summed E-state index contributed by atoms with van der Waals surface area (Å²) in [7, 11) is -2.40. The van der Waals surface area contributed by atoms with E-state index < -0.39 is 28.1 Å². The lowest BCUT2D eigenvalue weighted by molar-refractivity contribution is -0.138. The number of carbonyl (C=O) groups is 1. The van der Waals surface area contributed by atoms with E-state index in [2.05, 4.69) is 0 Å². The molecule has 118 valence electrons. The predicted molar refractivity (Wildman–Crippen MR) is 79.0 cm³/mol. The van der Waals surface area contributed by atoms with Crippen LogP contribution in [0.25, 0.3) is 0 Å². The Labute approximate surface area is 125 Å². The molecule has 0 saturated heterocycles. The molecule has 1 N–H and O–H groups in total. The van der Waals surface area contributed by atoms with Crippen LogP contribution in [-0.4, -0.2) is 43.0 Å². The van der Waals surface area contributed by atoms with Crippen molar-refractivity contribution in [1.29, 1.82) is 0 Å². The molecule has 1 aromatic rings. The van der Waals surface area contributed by atoms with Crippen LogP contribution in [0.4, 0.5) is 0 Å². The van der Waals surface area contributed by atoms with Crippen LogP contribution in [0.15, 0.2) is 23.1 Å². The second-order valence-electron chi connectivity index (χ2n) is 5.71. The van der Waals surface area contributed by atoms with Crippen LogP contribution < -0.4 is 4.74 Å². The zero-order valence-electron chi connectivity index (χ0n) is 12.9. The van der Waals surface area contributed by atoms with E-state index in [0.717, 1.165) is 4.31 Å². The van der Waals surface area contributed by atoms with E-state index in [1.165, 1.54) is 19.2 Å². The maximum Gasteiger partial charge on any atom is 0.318 e. The highest BCUT2D eigenvalue weighted by molar-refractivity contribution is 7.89. The number of carboxylic acid groups (broad SMARTS) is 1. The van der Waals surface area contributed by atoms with E-state index in [1.807, 2.05) is 0 Å². The molecule has 0 bridgehead atoms. The predicted octanol–water partition coefficient (Wildman–Crippen LogP) is 1.88. The number of hydrogen-bond acceptors (Lipinski definition) is 4. The number of nitrogens with zero attached hydrogens (tertiary/aromatic N) is 1. The van der Waals surface area contributed by atoms with Gasteiger partial charge in [-0.25, -0.2) is 8.42 Å². The Hall–Kier alpha value is -1.60. The maximum absolute atomic E-state index is 12.7. The average molecular weight is 315 g/mol. The number of hydrogen-bond donors (Lipinski definition) is 1. The fourth-order valence-corrected chi connectivity index (χ4v) is 3.77. The third kappa shape index (κ3) is 3.95. The van der Waals surface area contributed by atoms with E-state index in [9.17, 15) is 13.2 Å². The molecule has 0 aromatic heterocycles. The Morgan fingerprint density at radius 2 is 1.90 bits per heavy atom. The highest BCUT2D eigenvalue weighted by atomic mass is 32.2. The number of methoxy groups -OCH3 is 1. The standard InChI is InChI=1S/C14H21NO5S/c1-10-8-11(6-7-12(10)20-5)21(18,19)15(9-13(16)17)14(2,3)4/h6-8H,9H2,1-5H3,(H,16,17). The molecule has 0 heterocycles. The van der Waals surface area contributed by atoms with Crippen molar-refractivity contribution in [1.82, 2.24) is 4.31 Å². The highest BCUT2D eigenvalue weighted by Crippen LogP contribution is 2.27. The lowest BCUT2D eigenvalue weighted by Crippen LogP contribution is -2.48. The number of aryl methyl sites for hydroxylation is 1. The maximum atomic E-state index is 12.7. The quantitative estimate of drug-likeness (QED) is 0.897. The van der Waals surface area contributed by atoms with Crippen molar-refractivity contribution < 1.29 is 23.1 Å². The van der Waals surface area contributed by atoms with Crippen LogP contribution in [0, 0.1) is 6.92 Å². The second kappa shape index (κ2) is 6.03. The summed E-state index contributed by atoms with van der Waals surface area (Å²) in [6.45, 7) is 6.12. The van der Waals surface area contributed by atoms with Crippen molar-refractivity contribution in [3.05, 3.63) is 23.8 Å². The molecule has 0 unspecified atom stereocenters. The first-order chi connectivity index (χ1) is 9.50. The minimum Gasteiger partial charge on any atom is -0.496 e. The molecule has 0 spiro atoms. The van der Waals surface area contributed by atoms with Gasteiger partial charge in [-0.15, -0.1) is 0 Å². The number of carboxylic acids is 1. The Morgan fingerprint density at radius 3 is 2.29 bits per heavy atom. The van der Waals surface area contributed by atoms with Crippen LogP contribution in [0.1, 0.15) is 26.3 Å². The molecule has 0 aliphatic rings.